The van der Waals surface area contributed by atoms with Gasteiger partial charge in [-0.3, -0.25) is 9.78 Å². The van der Waals surface area contributed by atoms with Crippen LogP contribution in [-0.2, 0) is 0 Å². The van der Waals surface area contributed by atoms with Gasteiger partial charge in [0.1, 0.15) is 5.69 Å². The van der Waals surface area contributed by atoms with Crippen LogP contribution in [0.5, 0.6) is 0 Å². The maximum absolute atomic E-state index is 12.8. The molecular weight excluding hydrogens is 300 g/mol. The van der Waals surface area contributed by atoms with Crippen LogP contribution in [0.4, 0.5) is 0 Å². The van der Waals surface area contributed by atoms with Gasteiger partial charge in [-0.25, -0.2) is 0 Å². The zero-order chi connectivity index (χ0) is 16.8. The van der Waals surface area contributed by atoms with E-state index in [1.54, 1.807) is 6.20 Å². The van der Waals surface area contributed by atoms with Crippen molar-refractivity contribution in [3.63, 3.8) is 0 Å². The number of hydrogen-bond acceptors (Lipinski definition) is 3. The summed E-state index contributed by atoms with van der Waals surface area (Å²) >= 11 is 0. The van der Waals surface area contributed by atoms with E-state index in [9.17, 15) is 4.79 Å². The molecule has 0 spiro atoms. The standard InChI is InChI=1S/C20H20N2O2/c23-14-6-11-18(16-8-2-1-3-9-16)22-20(24)19-17-10-5-4-7-15(17)12-13-21-19/h1-5,7-10,12-13,18,23H,6,11,14H2,(H,22,24). The van der Waals surface area contributed by atoms with Gasteiger partial charge in [-0.15, -0.1) is 0 Å². The molecule has 1 unspecified atom stereocenters. The van der Waals surface area contributed by atoms with Crippen LogP contribution in [0.25, 0.3) is 10.8 Å². The molecule has 2 aromatic carbocycles. The molecule has 2 N–H and O–H groups in total. The molecule has 1 amide bonds. The number of fused-ring (bicyclic) bond motifs is 1. The van der Waals surface area contributed by atoms with E-state index in [0.717, 1.165) is 16.3 Å². The molecule has 3 rings (SSSR count). The lowest BCUT2D eigenvalue weighted by Crippen LogP contribution is -2.29. The summed E-state index contributed by atoms with van der Waals surface area (Å²) in [6.45, 7) is 0.103. The lowest BCUT2D eigenvalue weighted by atomic mass is 10.0. The fourth-order valence-electron chi connectivity index (χ4n) is 2.83. The first-order valence-corrected chi connectivity index (χ1v) is 8.10. The van der Waals surface area contributed by atoms with Crippen LogP contribution in [0.15, 0.2) is 66.9 Å². The second-order valence-corrected chi connectivity index (χ2v) is 5.68. The Hall–Kier alpha value is -2.72. The minimum Gasteiger partial charge on any atom is -0.396 e. The number of aliphatic hydroxyl groups is 1. The number of amides is 1. The Morgan fingerprint density at radius 2 is 1.79 bits per heavy atom. The molecule has 1 aromatic heterocycles. The van der Waals surface area contributed by atoms with Crippen molar-refractivity contribution in [1.29, 1.82) is 0 Å². The summed E-state index contributed by atoms with van der Waals surface area (Å²) in [5.74, 6) is -0.196. The van der Waals surface area contributed by atoms with Gasteiger partial charge >= 0.3 is 0 Å². The number of pyridine rings is 1. The first-order chi connectivity index (χ1) is 11.8. The van der Waals surface area contributed by atoms with Gasteiger partial charge in [-0.1, -0.05) is 54.6 Å². The quantitative estimate of drug-likeness (QED) is 0.731. The van der Waals surface area contributed by atoms with Crippen molar-refractivity contribution in [3.05, 3.63) is 78.1 Å². The number of hydrogen-bond donors (Lipinski definition) is 2. The number of nitrogens with one attached hydrogen (secondary N) is 1. The SMILES string of the molecule is O=C(NC(CCCO)c1ccccc1)c1nccc2ccccc12. The van der Waals surface area contributed by atoms with Crippen molar-refractivity contribution >= 4 is 16.7 Å². The fourth-order valence-corrected chi connectivity index (χ4v) is 2.83. The molecular formula is C20H20N2O2. The minimum absolute atomic E-state index is 0.103. The molecule has 0 radical (unpaired) electrons. The Morgan fingerprint density at radius 1 is 1.04 bits per heavy atom. The van der Waals surface area contributed by atoms with Crippen molar-refractivity contribution in [1.82, 2.24) is 10.3 Å². The fraction of sp³-hybridized carbons (Fsp3) is 0.200. The average Bonchev–Trinajstić information content (AvgIpc) is 2.65. The third-order valence-electron chi connectivity index (χ3n) is 4.05. The van der Waals surface area contributed by atoms with Gasteiger partial charge in [0, 0.05) is 18.2 Å². The molecule has 4 nitrogen and oxygen atoms in total. The Labute approximate surface area is 141 Å². The highest BCUT2D eigenvalue weighted by Gasteiger charge is 2.18. The van der Waals surface area contributed by atoms with Crippen molar-refractivity contribution in [2.75, 3.05) is 6.61 Å². The normalized spacial score (nSPS) is 12.0. The maximum Gasteiger partial charge on any atom is 0.271 e. The summed E-state index contributed by atoms with van der Waals surface area (Å²) in [5, 5.41) is 14.0. The van der Waals surface area contributed by atoms with Gasteiger partial charge in [0.05, 0.1) is 6.04 Å². The Kier molecular flexibility index (Phi) is 5.18. The molecule has 1 atom stereocenters. The number of carbonyl (C=O) groups is 1. The molecule has 3 aromatic rings. The first-order valence-electron chi connectivity index (χ1n) is 8.10. The van der Waals surface area contributed by atoms with E-state index in [0.29, 0.717) is 18.5 Å². The molecule has 0 saturated heterocycles. The lowest BCUT2D eigenvalue weighted by Gasteiger charge is -2.19. The molecule has 4 heteroatoms. The predicted molar refractivity (Wildman–Crippen MR) is 94.7 cm³/mol. The van der Waals surface area contributed by atoms with Gasteiger partial charge in [0.15, 0.2) is 0 Å². The summed E-state index contributed by atoms with van der Waals surface area (Å²) in [7, 11) is 0. The van der Waals surface area contributed by atoms with Crippen molar-refractivity contribution in [3.8, 4) is 0 Å². The third kappa shape index (κ3) is 3.60. The van der Waals surface area contributed by atoms with E-state index >= 15 is 0 Å². The minimum atomic E-state index is -0.196. The molecule has 24 heavy (non-hydrogen) atoms. The van der Waals surface area contributed by atoms with Crippen LogP contribution in [0.2, 0.25) is 0 Å². The molecule has 0 bridgehead atoms. The molecule has 0 fully saturated rings. The summed E-state index contributed by atoms with van der Waals surface area (Å²) in [6, 6.07) is 19.3. The highest BCUT2D eigenvalue weighted by atomic mass is 16.3. The molecule has 0 aliphatic rings. The highest BCUT2D eigenvalue weighted by Crippen LogP contribution is 2.21. The zero-order valence-corrected chi connectivity index (χ0v) is 13.4. The summed E-state index contributed by atoms with van der Waals surface area (Å²) in [6.07, 6.45) is 2.96. The Bertz CT molecular complexity index is 813. The van der Waals surface area contributed by atoms with Crippen LogP contribution in [0.1, 0.15) is 34.9 Å². The van der Waals surface area contributed by atoms with E-state index in [1.807, 2.05) is 60.7 Å². The largest absolute Gasteiger partial charge is 0.396 e. The van der Waals surface area contributed by atoms with Crippen LogP contribution < -0.4 is 5.32 Å². The number of benzene rings is 2. The maximum atomic E-state index is 12.8. The number of aromatic nitrogens is 1. The molecule has 0 aliphatic heterocycles. The smallest absolute Gasteiger partial charge is 0.271 e. The van der Waals surface area contributed by atoms with Crippen molar-refractivity contribution in [2.24, 2.45) is 0 Å². The predicted octanol–water partition coefficient (Wildman–Crippen LogP) is 3.48. The van der Waals surface area contributed by atoms with Crippen LogP contribution in [0.3, 0.4) is 0 Å². The van der Waals surface area contributed by atoms with E-state index in [1.165, 1.54) is 0 Å². The third-order valence-corrected chi connectivity index (χ3v) is 4.05. The van der Waals surface area contributed by atoms with Gasteiger partial charge in [-0.05, 0) is 29.9 Å². The van der Waals surface area contributed by atoms with E-state index in [2.05, 4.69) is 10.3 Å². The average molecular weight is 320 g/mol. The second-order valence-electron chi connectivity index (χ2n) is 5.68. The number of rotatable bonds is 6. The summed E-state index contributed by atoms with van der Waals surface area (Å²) in [5.41, 5.74) is 1.46. The topological polar surface area (TPSA) is 62.2 Å². The second kappa shape index (κ2) is 7.70. The van der Waals surface area contributed by atoms with E-state index in [-0.39, 0.29) is 18.6 Å². The zero-order valence-electron chi connectivity index (χ0n) is 13.4. The lowest BCUT2D eigenvalue weighted by molar-refractivity contribution is 0.0929. The van der Waals surface area contributed by atoms with Gasteiger partial charge in [0.25, 0.3) is 5.91 Å². The van der Waals surface area contributed by atoms with Crippen molar-refractivity contribution < 1.29 is 9.90 Å². The van der Waals surface area contributed by atoms with Crippen molar-refractivity contribution in [2.45, 2.75) is 18.9 Å². The van der Waals surface area contributed by atoms with Crippen LogP contribution in [-0.4, -0.2) is 22.6 Å². The van der Waals surface area contributed by atoms with Crippen LogP contribution >= 0.6 is 0 Å². The molecule has 122 valence electrons. The van der Waals surface area contributed by atoms with Crippen LogP contribution in [0, 0.1) is 0 Å². The number of aliphatic hydroxyl groups excluding tert-OH is 1. The number of nitrogens with zero attached hydrogens (tertiary/aromatic N) is 1. The monoisotopic (exact) mass is 320 g/mol. The van der Waals surface area contributed by atoms with Gasteiger partial charge < -0.3 is 10.4 Å². The van der Waals surface area contributed by atoms with Gasteiger partial charge in [0.2, 0.25) is 0 Å². The summed E-state index contributed by atoms with van der Waals surface area (Å²) < 4.78 is 0. The van der Waals surface area contributed by atoms with E-state index in [4.69, 9.17) is 5.11 Å². The Balaban J connectivity index is 1.87. The molecule has 0 aliphatic carbocycles. The summed E-state index contributed by atoms with van der Waals surface area (Å²) in [4.78, 5) is 17.0. The highest BCUT2D eigenvalue weighted by molar-refractivity contribution is 6.05. The van der Waals surface area contributed by atoms with E-state index < -0.39 is 0 Å². The molecule has 1 heterocycles. The Morgan fingerprint density at radius 3 is 2.58 bits per heavy atom. The first kappa shape index (κ1) is 16.1. The molecule has 0 saturated carbocycles. The van der Waals surface area contributed by atoms with Gasteiger partial charge in [-0.2, -0.15) is 0 Å². The number of carbonyl (C=O) groups excluding carboxylic acids is 1.